The summed E-state index contributed by atoms with van der Waals surface area (Å²) in [6, 6.07) is 16.5. The van der Waals surface area contributed by atoms with Gasteiger partial charge in [0.15, 0.2) is 18.1 Å². The molecule has 6 heterocycles. The maximum absolute atomic E-state index is 13.7. The van der Waals surface area contributed by atoms with Crippen LogP contribution in [0.15, 0.2) is 85.5 Å². The Labute approximate surface area is 464 Å². The number of ether oxygens (including phenoxy) is 1. The second-order valence-electron chi connectivity index (χ2n) is 19.5. The average molecular weight is 1150 g/mol. The van der Waals surface area contributed by atoms with E-state index in [2.05, 4.69) is 58.7 Å². The quantitative estimate of drug-likeness (QED) is 0.0461. The Morgan fingerprint density at radius 3 is 1.56 bits per heavy atom. The molecular formula is C56H65BrN8O10S2. The van der Waals surface area contributed by atoms with Gasteiger partial charge in [0.05, 0.1) is 61.8 Å². The van der Waals surface area contributed by atoms with Crippen molar-refractivity contribution in [3.63, 3.8) is 0 Å². The summed E-state index contributed by atoms with van der Waals surface area (Å²) in [5, 5.41) is 33.4. The number of aliphatic hydroxyl groups is 2. The third kappa shape index (κ3) is 15.0. The number of hydrogen-bond donors (Lipinski definition) is 5. The van der Waals surface area contributed by atoms with E-state index in [1.54, 1.807) is 28.7 Å². The van der Waals surface area contributed by atoms with Crippen LogP contribution in [0.25, 0.3) is 20.9 Å². The molecule has 2 aliphatic rings. The van der Waals surface area contributed by atoms with Gasteiger partial charge in [0, 0.05) is 38.1 Å². The fourth-order valence-electron chi connectivity index (χ4n) is 9.28. The molecule has 8 rings (SSSR count). The molecule has 2 aromatic carbocycles. The predicted octanol–water partition coefficient (Wildman–Crippen LogP) is 7.69. The van der Waals surface area contributed by atoms with Crippen molar-refractivity contribution in [1.29, 1.82) is 0 Å². The lowest BCUT2D eigenvalue weighted by atomic mass is 9.91. The van der Waals surface area contributed by atoms with Crippen LogP contribution in [-0.4, -0.2) is 113 Å². The molecule has 6 aromatic rings. The topological polar surface area (TPSA) is 246 Å². The predicted molar refractivity (Wildman–Crippen MR) is 298 cm³/mol. The Balaban J connectivity index is 0.000000234. The summed E-state index contributed by atoms with van der Waals surface area (Å²) in [4.78, 5) is 78.9. The third-order valence-electron chi connectivity index (χ3n) is 13.2. The number of thiazole rings is 2. The Bertz CT molecular complexity index is 3080. The molecule has 0 saturated carbocycles. The molecule has 2 aliphatic heterocycles. The highest BCUT2D eigenvalue weighted by Crippen LogP contribution is 2.35. The molecule has 4 aromatic heterocycles. The van der Waals surface area contributed by atoms with Crippen molar-refractivity contribution in [3.05, 3.63) is 116 Å². The summed E-state index contributed by atoms with van der Waals surface area (Å²) >= 11 is 6.18. The van der Waals surface area contributed by atoms with Crippen molar-refractivity contribution < 1.29 is 43.2 Å². The number of carbonyl (C=O) groups is 4. The number of carbonyl (C=O) groups excluding carboxylic acids is 4. The molecule has 2 fully saturated rings. The Hall–Kier alpha value is -6.88. The summed E-state index contributed by atoms with van der Waals surface area (Å²) < 4.78 is 15.9. The van der Waals surface area contributed by atoms with E-state index in [4.69, 9.17) is 26.6 Å². The number of aryl methyl sites for hydroxylation is 2. The van der Waals surface area contributed by atoms with E-state index in [9.17, 15) is 34.2 Å². The zero-order valence-corrected chi connectivity index (χ0v) is 47.4. The molecular weight excluding hydrogens is 1090 g/mol. The summed E-state index contributed by atoms with van der Waals surface area (Å²) in [6.07, 6.45) is 8.65. The molecule has 2 saturated heterocycles. The minimum atomic E-state index is -0.814. The summed E-state index contributed by atoms with van der Waals surface area (Å²) in [6.45, 7) is 15.3. The van der Waals surface area contributed by atoms with Crippen molar-refractivity contribution in [1.82, 2.24) is 40.7 Å². The smallest absolute Gasteiger partial charge is 0.280 e. The van der Waals surface area contributed by atoms with Crippen LogP contribution in [0.4, 0.5) is 0 Å². The second-order valence-corrected chi connectivity index (χ2v) is 21.8. The van der Waals surface area contributed by atoms with Gasteiger partial charge in [0.2, 0.25) is 23.6 Å². The van der Waals surface area contributed by atoms with Gasteiger partial charge >= 0.3 is 0 Å². The van der Waals surface area contributed by atoms with Crippen LogP contribution in [0.2, 0.25) is 0 Å². The number of hydrogen-bond acceptors (Lipinski definition) is 15. The molecule has 5 N–H and O–H groups in total. The molecule has 4 amide bonds. The number of β-amino-alcohol motifs (C(OH)–C–C–N with tert-alkyl or cyclic N) is 2. The number of aromatic amines is 1. The van der Waals surface area contributed by atoms with Crippen LogP contribution in [-0.2, 0) is 19.2 Å². The number of nitrogens with one attached hydrogen (secondary N) is 3. The first-order valence-electron chi connectivity index (χ1n) is 25.1. The zero-order chi connectivity index (χ0) is 56.1. The average Bonchev–Trinajstić information content (AvgIpc) is 4.32. The summed E-state index contributed by atoms with van der Waals surface area (Å²) in [5.41, 5.74) is 9.17. The van der Waals surface area contributed by atoms with Crippen LogP contribution in [0.5, 0.6) is 5.88 Å². The molecule has 21 heteroatoms. The standard InChI is InChI=1S/C28H32N4O5S.C25H30N4O5S.C3H3Br/c1-6-11-36-24-13-23(37-31-24)25(16(2)3)28(35)32-14-21(33)12-22(32)27(34)30-17(4)19-7-9-20(10-8-19)26-18(5)29-15-38-26;1-13(2)22(20-10-21(31)28-34-20)25(33)29-11-18(30)9-19(29)24(32)27-14(3)16-5-7-17(8-6-16)23-15(4)26-12-35-23;1-2-3-4/h1,7-10,13,15-17,21-22,25,33H,11-12,14H2,2-5H3,(H,30,34);5-8,10,12-14,18-19,22,30H,9,11H2,1-4H3,(H,27,32)(H,28,31);1H,3H2/t17-,21+,22-,25?;14-,18+,19-,22?;/m00./s1. The Morgan fingerprint density at radius 2 is 1.19 bits per heavy atom. The van der Waals surface area contributed by atoms with E-state index in [0.717, 1.165) is 43.4 Å². The monoisotopic (exact) mass is 1150 g/mol. The van der Waals surface area contributed by atoms with E-state index in [1.165, 1.54) is 15.9 Å². The molecule has 0 aliphatic carbocycles. The van der Waals surface area contributed by atoms with E-state index < -0.39 is 41.7 Å². The largest absolute Gasteiger partial charge is 0.462 e. The molecule has 8 atom stereocenters. The molecule has 18 nitrogen and oxygen atoms in total. The first-order valence-corrected chi connectivity index (χ1v) is 27.9. The molecule has 408 valence electrons. The number of terminal acetylenes is 2. The number of halogens is 1. The Morgan fingerprint density at radius 1 is 0.753 bits per heavy atom. The van der Waals surface area contributed by atoms with Gasteiger partial charge in [-0.25, -0.2) is 9.97 Å². The van der Waals surface area contributed by atoms with E-state index in [-0.39, 0.29) is 91.7 Å². The molecule has 0 radical (unpaired) electrons. The van der Waals surface area contributed by atoms with Gasteiger partial charge in [-0.2, -0.15) is 5.16 Å². The number of aliphatic hydroxyl groups excluding tert-OH is 2. The number of likely N-dealkylation sites (tertiary alicyclic amines) is 2. The van der Waals surface area contributed by atoms with Crippen molar-refractivity contribution in [2.24, 2.45) is 11.8 Å². The maximum Gasteiger partial charge on any atom is 0.280 e. The molecule has 0 bridgehead atoms. The summed E-state index contributed by atoms with van der Waals surface area (Å²) in [7, 11) is 0. The fraction of sp³-hybridized carbons (Fsp3) is 0.429. The number of alkyl halides is 1. The van der Waals surface area contributed by atoms with Gasteiger partial charge in [-0.15, -0.1) is 35.5 Å². The molecule has 2 unspecified atom stereocenters. The van der Waals surface area contributed by atoms with Gasteiger partial charge in [0.1, 0.15) is 23.9 Å². The number of nitrogens with zero attached hydrogens (tertiary/aromatic N) is 5. The highest BCUT2D eigenvalue weighted by molar-refractivity contribution is 9.09. The molecule has 77 heavy (non-hydrogen) atoms. The van der Waals surface area contributed by atoms with Gasteiger partial charge in [-0.1, -0.05) is 104 Å². The van der Waals surface area contributed by atoms with Gasteiger partial charge in [-0.05, 0) is 66.9 Å². The van der Waals surface area contributed by atoms with Gasteiger partial charge < -0.3 is 44.4 Å². The third-order valence-corrected chi connectivity index (χ3v) is 15.5. The normalized spacial score (nSPS) is 18.4. The second kappa shape index (κ2) is 27.4. The first kappa shape index (κ1) is 59.4. The van der Waals surface area contributed by atoms with E-state index in [0.29, 0.717) is 11.1 Å². The zero-order valence-electron chi connectivity index (χ0n) is 44.2. The van der Waals surface area contributed by atoms with Crippen LogP contribution >= 0.6 is 38.6 Å². The van der Waals surface area contributed by atoms with Crippen molar-refractivity contribution in [2.75, 3.05) is 25.0 Å². The minimum absolute atomic E-state index is 0.0264. The SMILES string of the molecule is C#CCBr.C#CCOc1cc(C(C(=O)N2C[C@H](O)C[C@H]2C(=O)N[C@@H](C)c2ccc(-c3scnc3C)cc2)C(C)C)on1.Cc1ncsc1-c1ccc([C@H](C)NC(=O)[C@@H]2C[C@@H](O)CN2C(=O)C(c2cc(=O)[nH]o2)C(C)C)cc1. The maximum atomic E-state index is 13.7. The van der Waals surface area contributed by atoms with Crippen LogP contribution in [0.3, 0.4) is 0 Å². The molecule has 0 spiro atoms. The number of rotatable bonds is 16. The van der Waals surface area contributed by atoms with Crippen LogP contribution < -0.4 is 20.9 Å². The van der Waals surface area contributed by atoms with Crippen LogP contribution in [0.1, 0.15) is 112 Å². The lowest BCUT2D eigenvalue weighted by Gasteiger charge is -2.29. The number of aromatic nitrogens is 4. The van der Waals surface area contributed by atoms with Crippen molar-refractivity contribution >= 4 is 62.2 Å². The number of amides is 4. The van der Waals surface area contributed by atoms with Crippen LogP contribution in [0, 0.1) is 50.4 Å². The van der Waals surface area contributed by atoms with Gasteiger partial charge in [0.25, 0.3) is 11.4 Å². The lowest BCUT2D eigenvalue weighted by molar-refractivity contribution is -0.141. The number of benzene rings is 2. The fourth-order valence-corrected chi connectivity index (χ4v) is 10.9. The first-order chi connectivity index (χ1) is 36.8. The van der Waals surface area contributed by atoms with Gasteiger partial charge in [-0.3, -0.25) is 24.0 Å². The lowest BCUT2D eigenvalue weighted by Crippen LogP contribution is -2.48. The highest BCUT2D eigenvalue weighted by Gasteiger charge is 2.45. The van der Waals surface area contributed by atoms with E-state index >= 15 is 0 Å². The number of H-pyrrole nitrogens is 1. The Kier molecular flexibility index (Phi) is 21.2. The van der Waals surface area contributed by atoms with Crippen molar-refractivity contribution in [2.45, 2.75) is 116 Å². The summed E-state index contributed by atoms with van der Waals surface area (Å²) in [5.74, 6) is 2.35. The minimum Gasteiger partial charge on any atom is -0.462 e. The highest BCUT2D eigenvalue weighted by atomic mass is 79.9. The van der Waals surface area contributed by atoms with Crippen molar-refractivity contribution in [3.8, 4) is 51.4 Å². The van der Waals surface area contributed by atoms with E-state index in [1.807, 2.05) is 115 Å².